The van der Waals surface area contributed by atoms with E-state index >= 15 is 0 Å². The molecule has 1 fully saturated rings. The molecule has 2 aromatic carbocycles. The number of benzene rings is 2. The minimum Gasteiger partial charge on any atom is -0.497 e. The highest BCUT2D eigenvalue weighted by atomic mass is 16.5. The third-order valence-electron chi connectivity index (χ3n) is 4.53. The zero-order valence-electron chi connectivity index (χ0n) is 15.1. The van der Waals surface area contributed by atoms with Gasteiger partial charge in [0.2, 0.25) is 0 Å². The molecule has 3 rings (SSSR count). The van der Waals surface area contributed by atoms with Gasteiger partial charge in [0.25, 0.3) is 0 Å². The van der Waals surface area contributed by atoms with E-state index < -0.39 is 6.03 Å². The maximum atomic E-state index is 11.8. The summed E-state index contributed by atoms with van der Waals surface area (Å²) in [6.07, 6.45) is 0. The molecule has 0 unspecified atom stereocenters. The first-order valence-electron chi connectivity index (χ1n) is 8.74. The van der Waals surface area contributed by atoms with Gasteiger partial charge in [-0.1, -0.05) is 24.3 Å². The molecule has 2 amide bonds. The second-order valence-electron chi connectivity index (χ2n) is 6.31. The van der Waals surface area contributed by atoms with Crippen LogP contribution < -0.4 is 15.4 Å². The highest BCUT2D eigenvalue weighted by Gasteiger charge is 2.13. The summed E-state index contributed by atoms with van der Waals surface area (Å²) in [6, 6.07) is 15.5. The van der Waals surface area contributed by atoms with Crippen molar-refractivity contribution in [2.75, 3.05) is 38.3 Å². The minimum absolute atomic E-state index is 0.432. The van der Waals surface area contributed by atoms with Gasteiger partial charge in [0, 0.05) is 31.9 Å². The van der Waals surface area contributed by atoms with Crippen molar-refractivity contribution in [3.63, 3.8) is 0 Å². The first-order chi connectivity index (χ1) is 12.7. The van der Waals surface area contributed by atoms with Crippen molar-refractivity contribution in [2.45, 2.75) is 13.1 Å². The molecule has 0 aliphatic carbocycles. The lowest BCUT2D eigenvalue weighted by atomic mass is 10.1. The molecule has 1 heterocycles. The second kappa shape index (κ2) is 8.58. The van der Waals surface area contributed by atoms with Gasteiger partial charge in [0.05, 0.1) is 20.3 Å². The van der Waals surface area contributed by atoms with Crippen LogP contribution in [0, 0.1) is 0 Å². The van der Waals surface area contributed by atoms with E-state index in [4.69, 9.17) is 15.2 Å². The van der Waals surface area contributed by atoms with Gasteiger partial charge in [-0.05, 0) is 35.4 Å². The van der Waals surface area contributed by atoms with Gasteiger partial charge in [0.1, 0.15) is 5.75 Å². The molecule has 0 atom stereocenters. The average molecular weight is 355 g/mol. The Kier molecular flexibility index (Phi) is 5.96. The molecular weight excluding hydrogens is 330 g/mol. The molecular formula is C20H25N3O3. The molecule has 26 heavy (non-hydrogen) atoms. The number of carbonyl (C=O) groups excluding carboxylic acids is 1. The molecule has 1 aliphatic heterocycles. The molecule has 138 valence electrons. The number of ether oxygens (including phenoxy) is 2. The van der Waals surface area contributed by atoms with Crippen LogP contribution in [0.1, 0.15) is 11.1 Å². The van der Waals surface area contributed by atoms with E-state index in [1.807, 2.05) is 24.3 Å². The largest absolute Gasteiger partial charge is 0.497 e. The highest BCUT2D eigenvalue weighted by molar-refractivity contribution is 5.72. The Hall–Kier alpha value is -2.73. The zero-order valence-corrected chi connectivity index (χ0v) is 15.1. The number of urea groups is 1. The van der Waals surface area contributed by atoms with Crippen LogP contribution in [-0.4, -0.2) is 44.3 Å². The summed E-state index contributed by atoms with van der Waals surface area (Å²) in [5.41, 5.74) is 8.81. The van der Waals surface area contributed by atoms with E-state index in [9.17, 15) is 4.79 Å². The Labute approximate surface area is 154 Å². The summed E-state index contributed by atoms with van der Waals surface area (Å²) >= 11 is 0. The number of carbonyl (C=O) groups is 1. The molecule has 0 aromatic heterocycles. The second-order valence-corrected chi connectivity index (χ2v) is 6.31. The number of methoxy groups -OCH3 is 1. The molecule has 2 aromatic rings. The fourth-order valence-electron chi connectivity index (χ4n) is 3.02. The van der Waals surface area contributed by atoms with Crippen molar-refractivity contribution in [3.8, 4) is 5.75 Å². The number of morpholine rings is 1. The van der Waals surface area contributed by atoms with E-state index in [0.717, 1.165) is 43.2 Å². The zero-order chi connectivity index (χ0) is 18.4. The summed E-state index contributed by atoms with van der Waals surface area (Å²) < 4.78 is 10.5. The molecule has 1 saturated heterocycles. The lowest BCUT2D eigenvalue weighted by Crippen LogP contribution is -2.36. The fraction of sp³-hybridized carbons (Fsp3) is 0.350. The van der Waals surface area contributed by atoms with Gasteiger partial charge in [-0.3, -0.25) is 0 Å². The standard InChI is InChI=1S/C20H25N3O3/c1-25-19-8-4-17(5-9-19)15-23(20(21)24)14-16-2-6-18(7-3-16)22-10-12-26-13-11-22/h2-9H,10-15H2,1H3,(H2,21,24). The van der Waals surface area contributed by atoms with Gasteiger partial charge in [-0.25, -0.2) is 4.79 Å². The average Bonchev–Trinajstić information content (AvgIpc) is 2.69. The molecule has 0 saturated carbocycles. The number of nitrogens with zero attached hydrogens (tertiary/aromatic N) is 2. The van der Waals surface area contributed by atoms with Gasteiger partial charge in [-0.2, -0.15) is 0 Å². The molecule has 2 N–H and O–H groups in total. The van der Waals surface area contributed by atoms with E-state index in [0.29, 0.717) is 13.1 Å². The smallest absolute Gasteiger partial charge is 0.315 e. The van der Waals surface area contributed by atoms with Crippen molar-refractivity contribution in [1.29, 1.82) is 0 Å². The third-order valence-corrected chi connectivity index (χ3v) is 4.53. The Morgan fingerprint density at radius 1 is 1.04 bits per heavy atom. The van der Waals surface area contributed by atoms with Crippen molar-refractivity contribution in [2.24, 2.45) is 5.73 Å². The number of hydrogen-bond acceptors (Lipinski definition) is 4. The molecule has 0 radical (unpaired) electrons. The summed E-state index contributed by atoms with van der Waals surface area (Å²) in [5.74, 6) is 0.790. The minimum atomic E-state index is -0.432. The molecule has 6 nitrogen and oxygen atoms in total. The van der Waals surface area contributed by atoms with E-state index in [1.165, 1.54) is 5.69 Å². The Morgan fingerprint density at radius 2 is 1.58 bits per heavy atom. The lowest BCUT2D eigenvalue weighted by Gasteiger charge is -2.29. The van der Waals surface area contributed by atoms with Crippen LogP contribution in [0.25, 0.3) is 0 Å². The number of amides is 2. The van der Waals surface area contributed by atoms with Crippen LogP contribution >= 0.6 is 0 Å². The molecule has 0 spiro atoms. The number of nitrogens with two attached hydrogens (primary N) is 1. The quantitative estimate of drug-likeness (QED) is 0.865. The molecule has 1 aliphatic rings. The summed E-state index contributed by atoms with van der Waals surface area (Å²) in [4.78, 5) is 15.8. The van der Waals surface area contributed by atoms with Crippen molar-refractivity contribution < 1.29 is 14.3 Å². The van der Waals surface area contributed by atoms with Crippen LogP contribution in [0.4, 0.5) is 10.5 Å². The van der Waals surface area contributed by atoms with E-state index in [2.05, 4.69) is 29.2 Å². The van der Waals surface area contributed by atoms with Gasteiger partial charge < -0.3 is 25.0 Å². The Morgan fingerprint density at radius 3 is 2.08 bits per heavy atom. The van der Waals surface area contributed by atoms with Gasteiger partial charge in [-0.15, -0.1) is 0 Å². The number of primary amides is 1. The summed E-state index contributed by atoms with van der Waals surface area (Å²) in [5, 5.41) is 0. The van der Waals surface area contributed by atoms with E-state index in [-0.39, 0.29) is 0 Å². The highest BCUT2D eigenvalue weighted by Crippen LogP contribution is 2.19. The van der Waals surface area contributed by atoms with Crippen LogP contribution in [0.3, 0.4) is 0 Å². The first kappa shape index (κ1) is 18.1. The molecule has 0 bridgehead atoms. The van der Waals surface area contributed by atoms with Crippen LogP contribution in [0.15, 0.2) is 48.5 Å². The predicted molar refractivity (Wildman–Crippen MR) is 101 cm³/mol. The fourth-order valence-corrected chi connectivity index (χ4v) is 3.02. The summed E-state index contributed by atoms with van der Waals surface area (Å²) in [7, 11) is 1.63. The SMILES string of the molecule is COc1ccc(CN(Cc2ccc(N3CCOCC3)cc2)C(N)=O)cc1. The Balaban J connectivity index is 1.64. The van der Waals surface area contributed by atoms with Crippen LogP contribution in [-0.2, 0) is 17.8 Å². The topological polar surface area (TPSA) is 68.0 Å². The maximum absolute atomic E-state index is 11.8. The van der Waals surface area contributed by atoms with Gasteiger partial charge >= 0.3 is 6.03 Å². The first-order valence-corrected chi connectivity index (χ1v) is 8.74. The third kappa shape index (κ3) is 4.67. The van der Waals surface area contributed by atoms with Crippen molar-refractivity contribution in [1.82, 2.24) is 4.90 Å². The monoisotopic (exact) mass is 355 g/mol. The lowest BCUT2D eigenvalue weighted by molar-refractivity contribution is 0.122. The van der Waals surface area contributed by atoms with Crippen LogP contribution in [0.5, 0.6) is 5.75 Å². The predicted octanol–water partition coefficient (Wildman–Crippen LogP) is 2.61. The normalized spacial score (nSPS) is 14.1. The number of rotatable bonds is 6. The maximum Gasteiger partial charge on any atom is 0.315 e. The number of anilines is 1. The van der Waals surface area contributed by atoms with E-state index in [1.54, 1.807) is 12.0 Å². The van der Waals surface area contributed by atoms with Crippen molar-refractivity contribution in [3.05, 3.63) is 59.7 Å². The number of hydrogen-bond donors (Lipinski definition) is 1. The summed E-state index contributed by atoms with van der Waals surface area (Å²) in [6.45, 7) is 4.28. The van der Waals surface area contributed by atoms with Gasteiger partial charge in [0.15, 0.2) is 0 Å². The van der Waals surface area contributed by atoms with Crippen LogP contribution in [0.2, 0.25) is 0 Å². The Bertz CT molecular complexity index is 710. The molecule has 6 heteroatoms. The van der Waals surface area contributed by atoms with Crippen molar-refractivity contribution >= 4 is 11.7 Å².